The average molecular weight is 224 g/mol. The molecule has 1 aliphatic carbocycles. The first-order valence-corrected chi connectivity index (χ1v) is 6.21. The van der Waals surface area contributed by atoms with Crippen LogP contribution < -0.4 is 10.6 Å². The number of rotatable bonds is 8. The summed E-state index contributed by atoms with van der Waals surface area (Å²) in [5.74, 6) is 1.12. The molecule has 16 heavy (non-hydrogen) atoms. The summed E-state index contributed by atoms with van der Waals surface area (Å²) in [6.45, 7) is 8.02. The van der Waals surface area contributed by atoms with Crippen LogP contribution >= 0.6 is 0 Å². The van der Waals surface area contributed by atoms with Crippen LogP contribution in [0.5, 0.6) is 0 Å². The van der Waals surface area contributed by atoms with E-state index in [-0.39, 0.29) is 0 Å². The lowest BCUT2D eigenvalue weighted by Gasteiger charge is -2.12. The fourth-order valence-electron chi connectivity index (χ4n) is 1.53. The van der Waals surface area contributed by atoms with Crippen molar-refractivity contribution in [2.75, 3.05) is 26.2 Å². The van der Waals surface area contributed by atoms with Crippen LogP contribution in [0, 0.1) is 0 Å². The van der Waals surface area contributed by atoms with E-state index in [1.165, 1.54) is 0 Å². The van der Waals surface area contributed by atoms with E-state index in [0.717, 1.165) is 44.8 Å². The number of nitrogens with one attached hydrogen (secondary N) is 2. The smallest absolute Gasteiger partial charge is 0.100 e. The molecule has 0 saturated heterocycles. The SMILES string of the molecule is CC(C)NCCNCCOC1=CC=CCC1. The fraction of sp³-hybridized carbons (Fsp3) is 0.692. The Hall–Kier alpha value is -0.800. The Labute approximate surface area is 98.9 Å². The molecule has 0 bridgehead atoms. The molecule has 1 aliphatic rings. The van der Waals surface area contributed by atoms with Gasteiger partial charge in [-0.1, -0.05) is 26.0 Å². The molecule has 0 aromatic carbocycles. The zero-order chi connectivity index (χ0) is 11.6. The highest BCUT2D eigenvalue weighted by molar-refractivity contribution is 5.12. The molecule has 0 unspecified atom stereocenters. The van der Waals surface area contributed by atoms with E-state index < -0.39 is 0 Å². The Morgan fingerprint density at radius 1 is 1.31 bits per heavy atom. The van der Waals surface area contributed by atoms with Crippen molar-refractivity contribution in [2.24, 2.45) is 0 Å². The van der Waals surface area contributed by atoms with Gasteiger partial charge in [0, 0.05) is 32.1 Å². The summed E-state index contributed by atoms with van der Waals surface area (Å²) in [4.78, 5) is 0. The molecule has 0 heterocycles. The molecule has 1 rings (SSSR count). The predicted molar refractivity (Wildman–Crippen MR) is 68.4 cm³/mol. The first-order valence-electron chi connectivity index (χ1n) is 6.21. The van der Waals surface area contributed by atoms with Gasteiger partial charge in [0.2, 0.25) is 0 Å². The van der Waals surface area contributed by atoms with Crippen LogP contribution in [-0.2, 0) is 4.74 Å². The Kier molecular flexibility index (Phi) is 6.93. The van der Waals surface area contributed by atoms with Gasteiger partial charge in [-0.25, -0.2) is 0 Å². The quantitative estimate of drug-likeness (QED) is 0.617. The molecular formula is C13H24N2O. The van der Waals surface area contributed by atoms with Gasteiger partial charge in [-0.05, 0) is 12.5 Å². The van der Waals surface area contributed by atoms with Gasteiger partial charge < -0.3 is 15.4 Å². The summed E-state index contributed by atoms with van der Waals surface area (Å²) in [5, 5.41) is 6.71. The monoisotopic (exact) mass is 224 g/mol. The van der Waals surface area contributed by atoms with Crippen LogP contribution in [0.1, 0.15) is 26.7 Å². The molecular weight excluding hydrogens is 200 g/mol. The molecule has 0 amide bonds. The second-order valence-electron chi connectivity index (χ2n) is 4.31. The van der Waals surface area contributed by atoms with Crippen molar-refractivity contribution < 1.29 is 4.74 Å². The van der Waals surface area contributed by atoms with Crippen molar-refractivity contribution in [3.8, 4) is 0 Å². The normalized spacial score (nSPS) is 15.3. The first-order chi connectivity index (χ1) is 7.79. The lowest BCUT2D eigenvalue weighted by molar-refractivity contribution is 0.202. The predicted octanol–water partition coefficient (Wildman–Crippen LogP) is 1.82. The second-order valence-corrected chi connectivity index (χ2v) is 4.31. The topological polar surface area (TPSA) is 33.3 Å². The Morgan fingerprint density at radius 3 is 2.88 bits per heavy atom. The molecule has 3 heteroatoms. The van der Waals surface area contributed by atoms with Gasteiger partial charge in [-0.15, -0.1) is 0 Å². The zero-order valence-electron chi connectivity index (χ0n) is 10.5. The molecule has 0 aliphatic heterocycles. The van der Waals surface area contributed by atoms with Gasteiger partial charge in [0.15, 0.2) is 0 Å². The highest BCUT2D eigenvalue weighted by Crippen LogP contribution is 2.11. The second kappa shape index (κ2) is 8.36. The Bertz CT molecular complexity index is 234. The first kappa shape index (κ1) is 13.3. The minimum Gasteiger partial charge on any atom is -0.497 e. The highest BCUT2D eigenvalue weighted by atomic mass is 16.5. The van der Waals surface area contributed by atoms with E-state index in [9.17, 15) is 0 Å². The molecule has 0 saturated carbocycles. The van der Waals surface area contributed by atoms with Crippen LogP contribution in [0.25, 0.3) is 0 Å². The minimum atomic E-state index is 0.567. The maximum atomic E-state index is 5.64. The largest absolute Gasteiger partial charge is 0.497 e. The number of ether oxygens (including phenoxy) is 1. The molecule has 0 aromatic heterocycles. The van der Waals surface area contributed by atoms with Crippen molar-refractivity contribution in [3.63, 3.8) is 0 Å². The lowest BCUT2D eigenvalue weighted by atomic mass is 10.2. The van der Waals surface area contributed by atoms with Gasteiger partial charge in [0.05, 0.1) is 5.76 Å². The van der Waals surface area contributed by atoms with E-state index in [1.54, 1.807) is 0 Å². The van der Waals surface area contributed by atoms with Crippen LogP contribution in [0.3, 0.4) is 0 Å². The summed E-state index contributed by atoms with van der Waals surface area (Å²) in [7, 11) is 0. The van der Waals surface area contributed by atoms with E-state index >= 15 is 0 Å². The van der Waals surface area contributed by atoms with Crippen molar-refractivity contribution in [2.45, 2.75) is 32.7 Å². The molecule has 0 aromatic rings. The van der Waals surface area contributed by atoms with Gasteiger partial charge in [0.25, 0.3) is 0 Å². The van der Waals surface area contributed by atoms with Crippen molar-refractivity contribution in [3.05, 3.63) is 24.0 Å². The molecule has 3 nitrogen and oxygen atoms in total. The highest BCUT2D eigenvalue weighted by Gasteiger charge is 1.99. The van der Waals surface area contributed by atoms with Crippen LogP contribution in [0.4, 0.5) is 0 Å². The molecule has 0 spiro atoms. The summed E-state index contributed by atoms with van der Waals surface area (Å²) in [5.41, 5.74) is 0. The number of hydrogen-bond acceptors (Lipinski definition) is 3. The van der Waals surface area contributed by atoms with E-state index in [2.05, 4.69) is 42.7 Å². The van der Waals surface area contributed by atoms with Gasteiger partial charge in [-0.2, -0.15) is 0 Å². The van der Waals surface area contributed by atoms with E-state index in [4.69, 9.17) is 4.74 Å². The van der Waals surface area contributed by atoms with Gasteiger partial charge in [-0.3, -0.25) is 0 Å². The average Bonchev–Trinajstić information content (AvgIpc) is 2.29. The standard InChI is InChI=1S/C13H24N2O/c1-12(2)15-9-8-14-10-11-16-13-6-4-3-5-7-13/h3-4,6,12,14-15H,5,7-11H2,1-2H3. The molecule has 2 N–H and O–H groups in total. The fourth-order valence-corrected chi connectivity index (χ4v) is 1.53. The minimum absolute atomic E-state index is 0.567. The summed E-state index contributed by atoms with van der Waals surface area (Å²) < 4.78 is 5.64. The van der Waals surface area contributed by atoms with Crippen molar-refractivity contribution in [1.29, 1.82) is 0 Å². The summed E-state index contributed by atoms with van der Waals surface area (Å²) >= 11 is 0. The Balaban J connectivity index is 1.88. The molecule has 0 atom stereocenters. The van der Waals surface area contributed by atoms with Crippen molar-refractivity contribution in [1.82, 2.24) is 10.6 Å². The maximum Gasteiger partial charge on any atom is 0.100 e. The molecule has 0 radical (unpaired) electrons. The maximum absolute atomic E-state index is 5.64. The van der Waals surface area contributed by atoms with E-state index in [1.807, 2.05) is 0 Å². The lowest BCUT2D eigenvalue weighted by Crippen LogP contribution is -2.32. The van der Waals surface area contributed by atoms with Crippen molar-refractivity contribution >= 4 is 0 Å². The third-order valence-electron chi connectivity index (χ3n) is 2.40. The summed E-state index contributed by atoms with van der Waals surface area (Å²) in [6.07, 6.45) is 8.45. The Morgan fingerprint density at radius 2 is 2.19 bits per heavy atom. The number of hydrogen-bond donors (Lipinski definition) is 2. The van der Waals surface area contributed by atoms with E-state index in [0.29, 0.717) is 6.04 Å². The third kappa shape index (κ3) is 6.64. The van der Waals surface area contributed by atoms with Gasteiger partial charge >= 0.3 is 0 Å². The van der Waals surface area contributed by atoms with Crippen LogP contribution in [-0.4, -0.2) is 32.3 Å². The molecule has 0 fully saturated rings. The summed E-state index contributed by atoms with van der Waals surface area (Å²) in [6, 6.07) is 0.567. The molecule has 92 valence electrons. The van der Waals surface area contributed by atoms with Crippen LogP contribution in [0.15, 0.2) is 24.0 Å². The number of allylic oxidation sites excluding steroid dienone is 4. The zero-order valence-corrected chi connectivity index (χ0v) is 10.5. The van der Waals surface area contributed by atoms with Gasteiger partial charge in [0.1, 0.15) is 6.61 Å². The third-order valence-corrected chi connectivity index (χ3v) is 2.40. The van der Waals surface area contributed by atoms with Crippen LogP contribution in [0.2, 0.25) is 0 Å².